The molecule has 60 valence electrons. The van der Waals surface area contributed by atoms with Gasteiger partial charge in [-0.15, -0.1) is 0 Å². The molecule has 0 radical (unpaired) electrons. The van der Waals surface area contributed by atoms with E-state index in [4.69, 9.17) is 0 Å². The Bertz CT molecular complexity index is 258. The van der Waals surface area contributed by atoms with Crippen LogP contribution in [0.1, 0.15) is 18.6 Å². The van der Waals surface area contributed by atoms with E-state index in [0.29, 0.717) is 0 Å². The van der Waals surface area contributed by atoms with Gasteiger partial charge in [0.1, 0.15) is 0 Å². The lowest BCUT2D eigenvalue weighted by Crippen LogP contribution is -1.91. The summed E-state index contributed by atoms with van der Waals surface area (Å²) in [6.45, 7) is 1.74. The van der Waals surface area contributed by atoms with Crippen LogP contribution < -0.4 is 0 Å². The molecule has 1 nitrogen and oxygen atoms in total. The second-order valence-electron chi connectivity index (χ2n) is 2.34. The maximum absolute atomic E-state index is 9.28. The molecule has 1 aromatic carbocycles. The summed E-state index contributed by atoms with van der Waals surface area (Å²) in [6.07, 6.45) is -0.429. The summed E-state index contributed by atoms with van der Waals surface area (Å²) in [7, 11) is 0. The highest BCUT2D eigenvalue weighted by atomic mass is 79.9. The van der Waals surface area contributed by atoms with Crippen LogP contribution in [0.25, 0.3) is 0 Å². The fourth-order valence-electron chi connectivity index (χ4n) is 0.835. The van der Waals surface area contributed by atoms with Crippen molar-refractivity contribution < 1.29 is 5.11 Å². The standard InChI is InChI=1S/C8H8Br2O/c1-5(11)7-4-6(9)2-3-8(7)10/h2-5,11H,1H3/t5-/m1/s1. The normalized spacial score (nSPS) is 13.1. The first-order valence-electron chi connectivity index (χ1n) is 3.24. The van der Waals surface area contributed by atoms with Crippen molar-refractivity contribution in [2.24, 2.45) is 0 Å². The first-order chi connectivity index (χ1) is 5.11. The van der Waals surface area contributed by atoms with E-state index >= 15 is 0 Å². The Morgan fingerprint density at radius 1 is 1.36 bits per heavy atom. The number of hydrogen-bond donors (Lipinski definition) is 1. The van der Waals surface area contributed by atoms with Crippen LogP contribution >= 0.6 is 31.9 Å². The summed E-state index contributed by atoms with van der Waals surface area (Å²) >= 11 is 6.68. The van der Waals surface area contributed by atoms with Crippen molar-refractivity contribution in [3.05, 3.63) is 32.7 Å². The lowest BCUT2D eigenvalue weighted by molar-refractivity contribution is 0.198. The SMILES string of the molecule is C[C@@H](O)c1cc(Br)ccc1Br. The number of rotatable bonds is 1. The van der Waals surface area contributed by atoms with Crippen LogP contribution in [0, 0.1) is 0 Å². The minimum absolute atomic E-state index is 0.429. The van der Waals surface area contributed by atoms with Gasteiger partial charge in [-0.05, 0) is 30.7 Å². The van der Waals surface area contributed by atoms with Gasteiger partial charge < -0.3 is 5.11 Å². The Morgan fingerprint density at radius 2 is 2.00 bits per heavy atom. The smallest absolute Gasteiger partial charge is 0.0773 e. The molecular weight excluding hydrogens is 272 g/mol. The molecule has 0 aliphatic carbocycles. The highest BCUT2D eigenvalue weighted by molar-refractivity contribution is 9.11. The van der Waals surface area contributed by atoms with E-state index in [2.05, 4.69) is 31.9 Å². The molecule has 0 fully saturated rings. The predicted octanol–water partition coefficient (Wildman–Crippen LogP) is 3.26. The van der Waals surface area contributed by atoms with E-state index in [-0.39, 0.29) is 0 Å². The van der Waals surface area contributed by atoms with E-state index in [9.17, 15) is 5.11 Å². The molecule has 1 atom stereocenters. The maximum atomic E-state index is 9.28. The van der Waals surface area contributed by atoms with E-state index in [1.54, 1.807) is 6.92 Å². The Kier molecular flexibility index (Phi) is 3.10. The van der Waals surface area contributed by atoms with Crippen molar-refractivity contribution in [1.29, 1.82) is 0 Å². The molecule has 0 unspecified atom stereocenters. The molecule has 0 aliphatic rings. The summed E-state index contributed by atoms with van der Waals surface area (Å²) in [6, 6.07) is 5.73. The molecule has 0 heterocycles. The Balaban J connectivity index is 3.13. The minimum atomic E-state index is -0.429. The van der Waals surface area contributed by atoms with Crippen LogP contribution in [0.5, 0.6) is 0 Å². The topological polar surface area (TPSA) is 20.2 Å². The molecule has 1 aromatic rings. The number of benzene rings is 1. The van der Waals surface area contributed by atoms with Gasteiger partial charge in [-0.3, -0.25) is 0 Å². The molecule has 11 heavy (non-hydrogen) atoms. The van der Waals surface area contributed by atoms with E-state index in [0.717, 1.165) is 14.5 Å². The van der Waals surface area contributed by atoms with Crippen LogP contribution in [-0.4, -0.2) is 5.11 Å². The van der Waals surface area contributed by atoms with Crippen LogP contribution in [-0.2, 0) is 0 Å². The van der Waals surface area contributed by atoms with Gasteiger partial charge in [0.2, 0.25) is 0 Å². The average molecular weight is 280 g/mol. The fraction of sp³-hybridized carbons (Fsp3) is 0.250. The molecular formula is C8H8Br2O. The molecule has 0 saturated carbocycles. The van der Waals surface area contributed by atoms with E-state index < -0.39 is 6.10 Å². The first kappa shape index (κ1) is 9.23. The second kappa shape index (κ2) is 3.70. The molecule has 0 bridgehead atoms. The lowest BCUT2D eigenvalue weighted by Gasteiger charge is -2.06. The van der Waals surface area contributed by atoms with Gasteiger partial charge in [0.25, 0.3) is 0 Å². The van der Waals surface area contributed by atoms with Crippen molar-refractivity contribution in [3.63, 3.8) is 0 Å². The lowest BCUT2D eigenvalue weighted by atomic mass is 10.1. The first-order valence-corrected chi connectivity index (χ1v) is 4.83. The third-order valence-electron chi connectivity index (χ3n) is 1.41. The molecule has 3 heteroatoms. The zero-order chi connectivity index (χ0) is 8.43. The highest BCUT2D eigenvalue weighted by Crippen LogP contribution is 2.26. The van der Waals surface area contributed by atoms with Crippen LogP contribution in [0.15, 0.2) is 27.1 Å². The highest BCUT2D eigenvalue weighted by Gasteiger charge is 2.05. The van der Waals surface area contributed by atoms with Crippen LogP contribution in [0.4, 0.5) is 0 Å². The second-order valence-corrected chi connectivity index (χ2v) is 4.11. The maximum Gasteiger partial charge on any atom is 0.0773 e. The minimum Gasteiger partial charge on any atom is -0.389 e. The molecule has 0 saturated heterocycles. The van der Waals surface area contributed by atoms with Gasteiger partial charge in [0.15, 0.2) is 0 Å². The summed E-state index contributed by atoms with van der Waals surface area (Å²) in [5.74, 6) is 0. The van der Waals surface area contributed by atoms with Gasteiger partial charge in [-0.1, -0.05) is 31.9 Å². The zero-order valence-electron chi connectivity index (χ0n) is 6.01. The third kappa shape index (κ3) is 2.29. The van der Waals surface area contributed by atoms with Crippen molar-refractivity contribution in [1.82, 2.24) is 0 Å². The Labute approximate surface area is 82.7 Å². The third-order valence-corrected chi connectivity index (χ3v) is 2.62. The summed E-state index contributed by atoms with van der Waals surface area (Å²) in [5.41, 5.74) is 0.902. The number of halogens is 2. The summed E-state index contributed by atoms with van der Waals surface area (Å²) in [4.78, 5) is 0. The molecule has 0 spiro atoms. The molecule has 0 amide bonds. The monoisotopic (exact) mass is 278 g/mol. The van der Waals surface area contributed by atoms with Crippen LogP contribution in [0.2, 0.25) is 0 Å². The molecule has 1 rings (SSSR count). The fourth-order valence-corrected chi connectivity index (χ4v) is 1.79. The van der Waals surface area contributed by atoms with Gasteiger partial charge >= 0.3 is 0 Å². The Morgan fingerprint density at radius 3 is 2.45 bits per heavy atom. The summed E-state index contributed by atoms with van der Waals surface area (Å²) in [5, 5.41) is 9.28. The number of aliphatic hydroxyl groups excluding tert-OH is 1. The predicted molar refractivity (Wildman–Crippen MR) is 52.5 cm³/mol. The van der Waals surface area contributed by atoms with Gasteiger partial charge in [0, 0.05) is 8.95 Å². The van der Waals surface area contributed by atoms with Crippen molar-refractivity contribution in [2.45, 2.75) is 13.0 Å². The van der Waals surface area contributed by atoms with Gasteiger partial charge in [0.05, 0.1) is 6.10 Å². The van der Waals surface area contributed by atoms with Gasteiger partial charge in [-0.25, -0.2) is 0 Å². The average Bonchev–Trinajstić information content (AvgIpc) is 1.94. The van der Waals surface area contributed by atoms with Crippen molar-refractivity contribution >= 4 is 31.9 Å². The molecule has 0 aromatic heterocycles. The largest absolute Gasteiger partial charge is 0.389 e. The Hall–Kier alpha value is 0.140. The molecule has 0 aliphatic heterocycles. The number of aliphatic hydroxyl groups is 1. The van der Waals surface area contributed by atoms with E-state index in [1.807, 2.05) is 18.2 Å². The quantitative estimate of drug-likeness (QED) is 0.837. The zero-order valence-corrected chi connectivity index (χ0v) is 9.18. The molecule has 1 N–H and O–H groups in total. The van der Waals surface area contributed by atoms with Gasteiger partial charge in [-0.2, -0.15) is 0 Å². The number of hydrogen-bond acceptors (Lipinski definition) is 1. The summed E-state index contributed by atoms with van der Waals surface area (Å²) < 4.78 is 1.92. The van der Waals surface area contributed by atoms with Crippen molar-refractivity contribution in [2.75, 3.05) is 0 Å². The van der Waals surface area contributed by atoms with Crippen molar-refractivity contribution in [3.8, 4) is 0 Å². The van der Waals surface area contributed by atoms with Crippen LogP contribution in [0.3, 0.4) is 0 Å². The van der Waals surface area contributed by atoms with E-state index in [1.165, 1.54) is 0 Å².